The van der Waals surface area contributed by atoms with E-state index in [1.165, 1.54) is 5.56 Å². The van der Waals surface area contributed by atoms with E-state index < -0.39 is 9.84 Å². The Morgan fingerprint density at radius 3 is 2.68 bits per heavy atom. The fourth-order valence-electron chi connectivity index (χ4n) is 2.98. The lowest BCUT2D eigenvalue weighted by Crippen LogP contribution is -2.37. The molecule has 0 saturated heterocycles. The van der Waals surface area contributed by atoms with E-state index in [2.05, 4.69) is 13.0 Å². The summed E-state index contributed by atoms with van der Waals surface area (Å²) in [5.41, 5.74) is 2.11. The van der Waals surface area contributed by atoms with Crippen LogP contribution in [0, 0.1) is 5.92 Å². The number of fused-ring (bicyclic) bond motifs is 1. The van der Waals surface area contributed by atoms with E-state index in [1.54, 1.807) is 4.90 Å². The normalized spacial score (nSPS) is 18.4. The van der Waals surface area contributed by atoms with Crippen molar-refractivity contribution in [1.29, 1.82) is 0 Å². The van der Waals surface area contributed by atoms with Crippen molar-refractivity contribution >= 4 is 21.4 Å². The quantitative estimate of drug-likeness (QED) is 0.837. The first kappa shape index (κ1) is 17.0. The Kier molecular flexibility index (Phi) is 5.27. The first-order chi connectivity index (χ1) is 10.3. The monoisotopic (exact) mass is 323 g/mol. The van der Waals surface area contributed by atoms with Crippen LogP contribution in [-0.4, -0.2) is 32.4 Å². The number of hydrogen-bond donors (Lipinski definition) is 0. The zero-order chi connectivity index (χ0) is 16.3. The summed E-state index contributed by atoms with van der Waals surface area (Å²) in [5.74, 6) is 0.528. The van der Waals surface area contributed by atoms with Gasteiger partial charge >= 0.3 is 0 Å². The molecule has 2 rings (SSSR count). The van der Waals surface area contributed by atoms with Crippen LogP contribution in [0.2, 0.25) is 0 Å². The van der Waals surface area contributed by atoms with Crippen molar-refractivity contribution in [1.82, 2.24) is 0 Å². The van der Waals surface area contributed by atoms with Crippen LogP contribution in [0.3, 0.4) is 0 Å². The highest BCUT2D eigenvalue weighted by molar-refractivity contribution is 7.91. The summed E-state index contributed by atoms with van der Waals surface area (Å²) >= 11 is 0. The molecule has 22 heavy (non-hydrogen) atoms. The largest absolute Gasteiger partial charge is 0.312 e. The van der Waals surface area contributed by atoms with E-state index in [-0.39, 0.29) is 29.8 Å². The van der Waals surface area contributed by atoms with Gasteiger partial charge in [-0.15, -0.1) is 0 Å². The molecule has 0 bridgehead atoms. The van der Waals surface area contributed by atoms with Crippen molar-refractivity contribution < 1.29 is 13.2 Å². The van der Waals surface area contributed by atoms with Crippen LogP contribution in [0.1, 0.15) is 45.1 Å². The van der Waals surface area contributed by atoms with Crippen LogP contribution in [0.5, 0.6) is 0 Å². The molecule has 5 heteroatoms. The van der Waals surface area contributed by atoms with Gasteiger partial charge in [-0.2, -0.15) is 0 Å². The summed E-state index contributed by atoms with van der Waals surface area (Å²) < 4.78 is 23.9. The van der Waals surface area contributed by atoms with Gasteiger partial charge in [0, 0.05) is 18.7 Å². The molecule has 0 N–H and O–H groups in total. The number of nitrogens with zero attached hydrogens (tertiary/aromatic N) is 1. The number of carbonyl (C=O) groups is 1. The molecule has 4 nitrogen and oxygen atoms in total. The highest BCUT2D eigenvalue weighted by Gasteiger charge is 2.27. The van der Waals surface area contributed by atoms with Gasteiger partial charge in [-0.05, 0) is 29.9 Å². The second kappa shape index (κ2) is 6.82. The van der Waals surface area contributed by atoms with Gasteiger partial charge in [0.1, 0.15) is 0 Å². The Balaban J connectivity index is 2.07. The molecular weight excluding hydrogens is 298 g/mol. The van der Waals surface area contributed by atoms with E-state index in [1.807, 2.05) is 32.0 Å². The van der Waals surface area contributed by atoms with Gasteiger partial charge in [-0.3, -0.25) is 4.79 Å². The predicted molar refractivity (Wildman–Crippen MR) is 89.9 cm³/mol. The number of carbonyl (C=O) groups excluding carboxylic acids is 1. The summed E-state index contributed by atoms with van der Waals surface area (Å²) in [6, 6.07) is 7.91. The molecule has 0 radical (unpaired) electrons. The lowest BCUT2D eigenvalue weighted by atomic mass is 9.91. The van der Waals surface area contributed by atoms with Crippen LogP contribution in [0.25, 0.3) is 0 Å². The molecule has 1 heterocycles. The summed E-state index contributed by atoms with van der Waals surface area (Å²) in [6.45, 7) is 6.58. The average molecular weight is 323 g/mol. The second-order valence-corrected chi connectivity index (χ2v) is 8.78. The van der Waals surface area contributed by atoms with Crippen LogP contribution in [0.15, 0.2) is 24.3 Å². The molecule has 0 aromatic heterocycles. The Bertz CT molecular complexity index is 637. The second-order valence-electron chi connectivity index (χ2n) is 6.55. The fourth-order valence-corrected chi connectivity index (χ4v) is 4.64. The molecule has 122 valence electrons. The van der Waals surface area contributed by atoms with Gasteiger partial charge in [-0.25, -0.2) is 8.42 Å². The van der Waals surface area contributed by atoms with Crippen LogP contribution >= 0.6 is 0 Å². The van der Waals surface area contributed by atoms with Gasteiger partial charge in [0.2, 0.25) is 5.91 Å². The third kappa shape index (κ3) is 4.09. The van der Waals surface area contributed by atoms with Crippen molar-refractivity contribution in [2.45, 2.75) is 39.5 Å². The van der Waals surface area contributed by atoms with Gasteiger partial charge in [0.25, 0.3) is 0 Å². The lowest BCUT2D eigenvalue weighted by molar-refractivity contribution is -0.118. The van der Waals surface area contributed by atoms with Crippen molar-refractivity contribution in [2.75, 3.05) is 23.0 Å². The zero-order valence-electron chi connectivity index (χ0n) is 13.6. The smallest absolute Gasteiger partial charge is 0.228 e. The van der Waals surface area contributed by atoms with Crippen molar-refractivity contribution in [3.05, 3.63) is 29.8 Å². The maximum absolute atomic E-state index is 12.5. The minimum absolute atomic E-state index is 0.0573. The Labute approximate surface area is 133 Å². The zero-order valence-corrected chi connectivity index (χ0v) is 14.4. The molecule has 1 aromatic rings. The first-order valence-electron chi connectivity index (χ1n) is 7.90. The SMILES string of the molecule is CC(C)CS(=O)(=O)CCC(=O)N1CCC(C)c2ccccc21. The molecule has 1 aliphatic rings. The van der Waals surface area contributed by atoms with Crippen LogP contribution < -0.4 is 4.90 Å². The molecule has 1 amide bonds. The van der Waals surface area contributed by atoms with E-state index >= 15 is 0 Å². The van der Waals surface area contributed by atoms with Gasteiger partial charge < -0.3 is 4.90 Å². The minimum Gasteiger partial charge on any atom is -0.312 e. The maximum atomic E-state index is 12.5. The summed E-state index contributed by atoms with van der Waals surface area (Å²) in [7, 11) is -3.15. The number of hydrogen-bond acceptors (Lipinski definition) is 3. The predicted octanol–water partition coefficient (Wildman–Crippen LogP) is 2.99. The number of sulfone groups is 1. The van der Waals surface area contributed by atoms with Crippen molar-refractivity contribution in [3.8, 4) is 0 Å². The molecule has 0 saturated carbocycles. The van der Waals surface area contributed by atoms with Crippen LogP contribution in [-0.2, 0) is 14.6 Å². The van der Waals surface area contributed by atoms with Gasteiger partial charge in [0.05, 0.1) is 11.5 Å². The summed E-state index contributed by atoms with van der Waals surface area (Å²) in [6.07, 6.45) is 0.985. The number of anilines is 1. The molecule has 1 aliphatic heterocycles. The standard InChI is InChI=1S/C17H25NO3S/c1-13(2)12-22(20,21)11-9-17(19)18-10-8-14(3)15-6-4-5-7-16(15)18/h4-7,13-14H,8-12H2,1-3H3. The summed E-state index contributed by atoms with van der Waals surface area (Å²) in [5, 5.41) is 0. The third-order valence-corrected chi connectivity index (χ3v) is 6.06. The average Bonchev–Trinajstić information content (AvgIpc) is 2.44. The molecule has 1 atom stereocenters. The van der Waals surface area contributed by atoms with Crippen LogP contribution in [0.4, 0.5) is 5.69 Å². The number of amides is 1. The molecular formula is C17H25NO3S. The van der Waals surface area contributed by atoms with Gasteiger partial charge in [0.15, 0.2) is 9.84 Å². The number of benzene rings is 1. The Morgan fingerprint density at radius 1 is 1.32 bits per heavy atom. The highest BCUT2D eigenvalue weighted by atomic mass is 32.2. The highest BCUT2D eigenvalue weighted by Crippen LogP contribution is 2.34. The molecule has 0 aliphatic carbocycles. The van der Waals surface area contributed by atoms with E-state index in [4.69, 9.17) is 0 Å². The van der Waals surface area contributed by atoms with E-state index in [0.29, 0.717) is 12.5 Å². The number of rotatable bonds is 5. The minimum atomic E-state index is -3.15. The fraction of sp³-hybridized carbons (Fsp3) is 0.588. The van der Waals surface area contributed by atoms with Crippen molar-refractivity contribution in [2.24, 2.45) is 5.92 Å². The molecule has 0 spiro atoms. The molecule has 1 unspecified atom stereocenters. The number of para-hydroxylation sites is 1. The Morgan fingerprint density at radius 2 is 2.00 bits per heavy atom. The lowest BCUT2D eigenvalue weighted by Gasteiger charge is -2.33. The summed E-state index contributed by atoms with van der Waals surface area (Å²) in [4.78, 5) is 14.2. The van der Waals surface area contributed by atoms with Crippen molar-refractivity contribution in [3.63, 3.8) is 0 Å². The van der Waals surface area contributed by atoms with E-state index in [9.17, 15) is 13.2 Å². The maximum Gasteiger partial charge on any atom is 0.228 e. The Hall–Kier alpha value is -1.36. The molecule has 1 aromatic carbocycles. The first-order valence-corrected chi connectivity index (χ1v) is 9.72. The third-order valence-electron chi connectivity index (χ3n) is 4.06. The van der Waals surface area contributed by atoms with E-state index in [0.717, 1.165) is 12.1 Å². The molecule has 0 fully saturated rings. The topological polar surface area (TPSA) is 54.5 Å². The van der Waals surface area contributed by atoms with Gasteiger partial charge in [-0.1, -0.05) is 39.0 Å².